The van der Waals surface area contributed by atoms with Crippen molar-refractivity contribution in [2.45, 2.75) is 264 Å². The molecule has 1 aromatic heterocycles. The Kier molecular flexibility index (Phi) is 26.0. The molecule has 0 unspecified atom stereocenters. The molecule has 5 rings (SSSR count). The van der Waals surface area contributed by atoms with Gasteiger partial charge >= 0.3 is 0 Å². The lowest BCUT2D eigenvalue weighted by atomic mass is 9.76. The predicted molar refractivity (Wildman–Crippen MR) is 327 cm³/mol. The average Bonchev–Trinajstić information content (AvgIpc) is 1.88. The van der Waals surface area contributed by atoms with E-state index in [-0.39, 0.29) is 67.1 Å². The van der Waals surface area contributed by atoms with E-state index in [9.17, 15) is 47.9 Å². The van der Waals surface area contributed by atoms with Crippen LogP contribution in [0.2, 0.25) is 0 Å². The molecule has 0 spiro atoms. The minimum atomic E-state index is -1.64. The molecule has 0 aromatic carbocycles. The van der Waals surface area contributed by atoms with Crippen LogP contribution in [-0.2, 0) is 43.2 Å². The van der Waals surface area contributed by atoms with Crippen LogP contribution in [0.3, 0.4) is 0 Å². The summed E-state index contributed by atoms with van der Waals surface area (Å²) in [5.41, 5.74) is -4.81. The van der Waals surface area contributed by atoms with Crippen LogP contribution >= 0.6 is 0 Å². The third kappa shape index (κ3) is 21.3. The quantitative estimate of drug-likeness (QED) is 0.0486. The maximum Gasteiger partial charge on any atom is 0.276 e. The molecule has 2 saturated heterocycles. The first kappa shape index (κ1) is 70.6. The molecule has 10 amide bonds. The molecule has 86 heavy (non-hydrogen) atoms. The molecule has 4 fully saturated rings. The highest BCUT2D eigenvalue weighted by Crippen LogP contribution is 2.34. The fraction of sp³-hybridized carbons (Fsp3) is 0.794. The van der Waals surface area contributed by atoms with Gasteiger partial charge in [-0.3, -0.25) is 47.9 Å². The number of aryl methyl sites for hydroxylation is 1. The summed E-state index contributed by atoms with van der Waals surface area (Å²) >= 11 is 0. The Balaban J connectivity index is 1.19. The molecule has 9 N–H and O–H groups in total. The summed E-state index contributed by atoms with van der Waals surface area (Å²) in [5.74, 6) is -5.18. The molecule has 5 atom stereocenters. The van der Waals surface area contributed by atoms with E-state index in [0.717, 1.165) is 71.0 Å². The van der Waals surface area contributed by atoms with Crippen molar-refractivity contribution in [2.24, 2.45) is 23.7 Å². The van der Waals surface area contributed by atoms with Gasteiger partial charge in [0, 0.05) is 33.0 Å². The number of hydrogen-bond donors (Lipinski definition) is 9. The second-order valence-corrected chi connectivity index (χ2v) is 27.9. The summed E-state index contributed by atoms with van der Waals surface area (Å²) in [4.78, 5) is 148. The monoisotopic (exact) mass is 1210 g/mol. The zero-order valence-corrected chi connectivity index (χ0v) is 54.1. The van der Waals surface area contributed by atoms with Gasteiger partial charge in [0.1, 0.15) is 53.1 Å². The van der Waals surface area contributed by atoms with E-state index in [1.54, 1.807) is 6.92 Å². The van der Waals surface area contributed by atoms with Crippen molar-refractivity contribution >= 4 is 59.1 Å². The molecular weight excluding hydrogens is 1100 g/mol. The van der Waals surface area contributed by atoms with Crippen LogP contribution in [0.4, 0.5) is 0 Å². The lowest BCUT2D eigenvalue weighted by Gasteiger charge is -2.46. The first-order valence-electron chi connectivity index (χ1n) is 32.0. The number of carbonyl (C=O) groups is 10. The average molecular weight is 1210 g/mol. The summed E-state index contributed by atoms with van der Waals surface area (Å²) in [6, 6.07) is -5.34. The molecule has 2 saturated carbocycles. The number of oxazole rings is 1. The Morgan fingerprint density at radius 2 is 1.12 bits per heavy atom. The van der Waals surface area contributed by atoms with Gasteiger partial charge in [-0.1, -0.05) is 80.1 Å². The fourth-order valence-electron chi connectivity index (χ4n) is 12.0. The Hall–Kier alpha value is -6.13. The Morgan fingerprint density at radius 1 is 0.593 bits per heavy atom. The van der Waals surface area contributed by atoms with E-state index in [1.807, 2.05) is 41.5 Å². The number of aromatic nitrogens is 1. The number of rotatable bonds is 31. The molecule has 1 aromatic rings. The molecule has 484 valence electrons. The SMILES string of the molecule is Cc1nc(C(=O)N2CCC[C@H]2C(=O)N[C@@H](CCC2CCCCC2)C(=O)N[C@@H](CC(C)C)C(=O)NC(C)(C)C(=O)N[C@@H](CC(C)C)C(=O)N[C@@H](CC(C)C)C(=O)NC(C)(C)C(=O)NC(C)(C)C(=O)NCCC(=O)NC2(CN3CCCCC3)CCC2)co1. The second-order valence-electron chi connectivity index (χ2n) is 27.9. The van der Waals surface area contributed by atoms with E-state index in [1.165, 1.54) is 72.0 Å². The molecule has 4 aliphatic rings. The third-order valence-electron chi connectivity index (χ3n) is 17.2. The largest absolute Gasteiger partial charge is 0.448 e. The molecule has 0 bridgehead atoms. The minimum Gasteiger partial charge on any atom is -0.448 e. The van der Waals surface area contributed by atoms with Crippen molar-refractivity contribution in [3.8, 4) is 0 Å². The van der Waals surface area contributed by atoms with Crippen molar-refractivity contribution in [3.05, 3.63) is 17.8 Å². The van der Waals surface area contributed by atoms with Crippen molar-refractivity contribution in [1.29, 1.82) is 0 Å². The van der Waals surface area contributed by atoms with Gasteiger partial charge in [-0.2, -0.15) is 0 Å². The topological polar surface area (TPSA) is 311 Å². The molecule has 3 heterocycles. The molecule has 0 radical (unpaired) electrons. The zero-order valence-electron chi connectivity index (χ0n) is 54.1. The maximum absolute atomic E-state index is 14.4. The summed E-state index contributed by atoms with van der Waals surface area (Å²) in [6.45, 7) is 25.2. The first-order valence-corrected chi connectivity index (χ1v) is 32.0. The Labute approximate surface area is 510 Å². The van der Waals surface area contributed by atoms with Crippen molar-refractivity contribution in [2.75, 3.05) is 32.7 Å². The molecule has 23 heteroatoms. The van der Waals surface area contributed by atoms with Crippen LogP contribution in [0.1, 0.15) is 221 Å². The zero-order chi connectivity index (χ0) is 63.7. The van der Waals surface area contributed by atoms with E-state index in [4.69, 9.17) is 4.42 Å². The number of carbonyl (C=O) groups excluding carboxylic acids is 10. The third-order valence-corrected chi connectivity index (χ3v) is 17.2. The minimum absolute atomic E-state index is 0.0630. The molecule has 23 nitrogen and oxygen atoms in total. The summed E-state index contributed by atoms with van der Waals surface area (Å²) in [6.07, 6.45) is 15.6. The van der Waals surface area contributed by atoms with Crippen LogP contribution in [0, 0.1) is 30.6 Å². The van der Waals surface area contributed by atoms with Gasteiger partial charge < -0.3 is 62.1 Å². The van der Waals surface area contributed by atoms with Crippen LogP contribution < -0.4 is 47.9 Å². The van der Waals surface area contributed by atoms with E-state index in [2.05, 4.69) is 57.7 Å². The van der Waals surface area contributed by atoms with Gasteiger partial charge in [-0.15, -0.1) is 0 Å². The molecular formula is C63H106N12O11. The van der Waals surface area contributed by atoms with E-state index in [0.29, 0.717) is 44.0 Å². The van der Waals surface area contributed by atoms with E-state index >= 15 is 0 Å². The van der Waals surface area contributed by atoms with Gasteiger partial charge in [0.05, 0.1) is 5.54 Å². The number of hydrogen-bond acceptors (Lipinski definition) is 13. The maximum atomic E-state index is 14.4. The lowest BCUT2D eigenvalue weighted by molar-refractivity contribution is -0.139. The number of amides is 10. The highest BCUT2D eigenvalue weighted by Gasteiger charge is 2.43. The van der Waals surface area contributed by atoms with Crippen LogP contribution in [0.25, 0.3) is 0 Å². The number of nitrogens with one attached hydrogen (secondary N) is 9. The smallest absolute Gasteiger partial charge is 0.276 e. The summed E-state index contributed by atoms with van der Waals surface area (Å²) in [5, 5.41) is 25.8. The van der Waals surface area contributed by atoms with Crippen LogP contribution in [0.5, 0.6) is 0 Å². The number of piperidine rings is 1. The normalized spacial score (nSPS) is 19.1. The Morgan fingerprint density at radius 3 is 1.64 bits per heavy atom. The Bertz CT molecular complexity index is 2510. The number of likely N-dealkylation sites (tertiary alicyclic amines) is 2. The molecule has 2 aliphatic carbocycles. The van der Waals surface area contributed by atoms with E-state index < -0.39 is 100.0 Å². The predicted octanol–water partition coefficient (Wildman–Crippen LogP) is 4.74. The van der Waals surface area contributed by atoms with Gasteiger partial charge in [0.25, 0.3) is 5.91 Å². The number of nitrogens with zero attached hydrogens (tertiary/aromatic N) is 3. The molecule has 2 aliphatic heterocycles. The van der Waals surface area contributed by atoms with Crippen molar-refractivity contribution < 1.29 is 52.4 Å². The summed E-state index contributed by atoms with van der Waals surface area (Å²) in [7, 11) is 0. The van der Waals surface area contributed by atoms with Gasteiger partial charge in [0.2, 0.25) is 53.2 Å². The van der Waals surface area contributed by atoms with Gasteiger partial charge in [0.15, 0.2) is 11.6 Å². The summed E-state index contributed by atoms with van der Waals surface area (Å²) < 4.78 is 5.26. The van der Waals surface area contributed by atoms with Gasteiger partial charge in [-0.25, -0.2) is 4.98 Å². The highest BCUT2D eigenvalue weighted by atomic mass is 16.3. The van der Waals surface area contributed by atoms with Crippen LogP contribution in [0.15, 0.2) is 10.7 Å². The van der Waals surface area contributed by atoms with Crippen molar-refractivity contribution in [3.63, 3.8) is 0 Å². The second kappa shape index (κ2) is 31.7. The van der Waals surface area contributed by atoms with Crippen molar-refractivity contribution in [1.82, 2.24) is 62.6 Å². The lowest BCUT2D eigenvalue weighted by Crippen LogP contribution is -2.65. The fourth-order valence-corrected chi connectivity index (χ4v) is 12.0. The van der Waals surface area contributed by atoms with Gasteiger partial charge in [-0.05, 0) is 155 Å². The standard InChI is InChI=1S/C63H106N12O11/c1-39(2)34-45(52(78)68-47(36-41(5)6)54(80)72-62(12,13)59(85)73-60(8,9)57(83)64-30-27-50(76)70-63(28-21-29-63)38-74-31-18-15-19-32-74)69-58(84)61(10,11)71-53(79)46(35-40(3)4)67-51(77)44(26-25-43-22-16-14-17-23-43)66-55(81)49-24-20-33-75(49)56(82)48-37-86-42(7)65-48/h37,39-41,43-47,49H,14-36,38H2,1-13H3,(H,64,83)(H,66,81)(H,67,77)(H,68,78)(H,69,84)(H,70,76)(H,71,79)(H,72,80)(H,73,85)/t44-,45-,46-,47-,49-/m0/s1. The first-order chi connectivity index (χ1) is 40.3. The highest BCUT2D eigenvalue weighted by molar-refractivity contribution is 6.00. The van der Waals surface area contributed by atoms with Crippen LogP contribution in [-0.4, -0.2) is 159 Å².